The minimum absolute atomic E-state index is 0.0258. The summed E-state index contributed by atoms with van der Waals surface area (Å²) in [6.07, 6.45) is 10.7. The van der Waals surface area contributed by atoms with Gasteiger partial charge in [-0.2, -0.15) is 0 Å². The van der Waals surface area contributed by atoms with E-state index in [1.165, 1.54) is 50.5 Å². The number of carboxylic acids is 1. The molecular formula is C20H26O3. The lowest BCUT2D eigenvalue weighted by Gasteiger charge is -2.25. The molecule has 3 heteroatoms. The SMILES string of the molecule is O=C(O)CC1CCc2cc(C3CCCCCCC3)ccc2C1=O. The fraction of sp³-hybridized carbons (Fsp3) is 0.600. The molecule has 1 unspecified atom stereocenters. The van der Waals surface area contributed by atoms with Crippen LogP contribution in [0.25, 0.3) is 0 Å². The zero-order valence-electron chi connectivity index (χ0n) is 13.7. The number of fused-ring (bicyclic) bond motifs is 1. The first kappa shape index (κ1) is 16.2. The number of Topliss-reactive ketones (excluding diaryl/α,β-unsaturated/α-hetero) is 1. The summed E-state index contributed by atoms with van der Waals surface area (Å²) in [5.74, 6) is -0.560. The first-order chi connectivity index (χ1) is 11.1. The monoisotopic (exact) mass is 314 g/mol. The van der Waals surface area contributed by atoms with E-state index >= 15 is 0 Å². The Labute approximate surface area is 138 Å². The molecule has 2 aliphatic rings. The van der Waals surface area contributed by atoms with Gasteiger partial charge in [-0.05, 0) is 42.7 Å². The second-order valence-corrected chi connectivity index (χ2v) is 7.16. The Kier molecular flexibility index (Phi) is 5.14. The number of carbonyl (C=O) groups excluding carboxylic acids is 1. The van der Waals surface area contributed by atoms with Crippen LogP contribution < -0.4 is 0 Å². The molecule has 1 saturated carbocycles. The Morgan fingerprint density at radius 1 is 1.04 bits per heavy atom. The lowest BCUT2D eigenvalue weighted by atomic mass is 9.78. The molecule has 3 rings (SSSR count). The van der Waals surface area contributed by atoms with E-state index in [-0.39, 0.29) is 18.1 Å². The molecule has 0 heterocycles. The zero-order chi connectivity index (χ0) is 16.2. The first-order valence-electron chi connectivity index (χ1n) is 9.04. The zero-order valence-corrected chi connectivity index (χ0v) is 13.7. The Hall–Kier alpha value is -1.64. The third kappa shape index (κ3) is 3.82. The number of hydrogen-bond donors (Lipinski definition) is 1. The van der Waals surface area contributed by atoms with Crippen LogP contribution in [0.15, 0.2) is 18.2 Å². The molecule has 0 saturated heterocycles. The molecule has 1 N–H and O–H groups in total. The molecular weight excluding hydrogens is 288 g/mol. The van der Waals surface area contributed by atoms with Crippen LogP contribution in [0.2, 0.25) is 0 Å². The summed E-state index contributed by atoms with van der Waals surface area (Å²) in [6, 6.07) is 6.31. The molecule has 3 nitrogen and oxygen atoms in total. The number of rotatable bonds is 3. The van der Waals surface area contributed by atoms with Crippen LogP contribution >= 0.6 is 0 Å². The van der Waals surface area contributed by atoms with E-state index in [1.54, 1.807) is 0 Å². The fourth-order valence-corrected chi connectivity index (χ4v) is 4.19. The minimum atomic E-state index is -0.877. The number of hydrogen-bond acceptors (Lipinski definition) is 2. The largest absolute Gasteiger partial charge is 0.481 e. The van der Waals surface area contributed by atoms with Crippen molar-refractivity contribution in [2.24, 2.45) is 5.92 Å². The van der Waals surface area contributed by atoms with E-state index in [9.17, 15) is 9.59 Å². The molecule has 0 radical (unpaired) electrons. The van der Waals surface area contributed by atoms with Crippen LogP contribution in [0, 0.1) is 5.92 Å². The highest BCUT2D eigenvalue weighted by atomic mass is 16.4. The number of carbonyl (C=O) groups is 2. The maximum absolute atomic E-state index is 12.5. The van der Waals surface area contributed by atoms with E-state index in [1.807, 2.05) is 6.07 Å². The van der Waals surface area contributed by atoms with Crippen LogP contribution in [0.4, 0.5) is 0 Å². The second kappa shape index (κ2) is 7.29. The summed E-state index contributed by atoms with van der Waals surface area (Å²) in [6.45, 7) is 0. The average Bonchev–Trinajstić information content (AvgIpc) is 2.49. The topological polar surface area (TPSA) is 54.4 Å². The van der Waals surface area contributed by atoms with E-state index < -0.39 is 5.97 Å². The molecule has 1 atom stereocenters. The molecule has 1 aromatic carbocycles. The average molecular weight is 314 g/mol. The number of aliphatic carboxylic acids is 1. The van der Waals surface area contributed by atoms with Crippen molar-refractivity contribution >= 4 is 11.8 Å². The molecule has 0 amide bonds. The van der Waals surface area contributed by atoms with Gasteiger partial charge in [0.05, 0.1) is 6.42 Å². The van der Waals surface area contributed by atoms with Crippen molar-refractivity contribution in [2.75, 3.05) is 0 Å². The summed E-state index contributed by atoms with van der Waals surface area (Å²) in [5.41, 5.74) is 3.28. The molecule has 124 valence electrons. The maximum Gasteiger partial charge on any atom is 0.304 e. The molecule has 0 aliphatic heterocycles. The Balaban J connectivity index is 1.77. The van der Waals surface area contributed by atoms with Gasteiger partial charge in [0.1, 0.15) is 0 Å². The molecule has 0 aromatic heterocycles. The minimum Gasteiger partial charge on any atom is -0.481 e. The van der Waals surface area contributed by atoms with Crippen molar-refractivity contribution in [1.29, 1.82) is 0 Å². The summed E-state index contributed by atoms with van der Waals surface area (Å²) in [4.78, 5) is 23.4. The van der Waals surface area contributed by atoms with Gasteiger partial charge in [0.2, 0.25) is 0 Å². The van der Waals surface area contributed by atoms with Crippen molar-refractivity contribution in [3.63, 3.8) is 0 Å². The highest BCUT2D eigenvalue weighted by molar-refractivity contribution is 6.01. The summed E-state index contributed by atoms with van der Waals surface area (Å²) in [5, 5.41) is 8.94. The van der Waals surface area contributed by atoms with Crippen LogP contribution in [0.3, 0.4) is 0 Å². The third-order valence-corrected chi connectivity index (χ3v) is 5.53. The number of aryl methyl sites for hydroxylation is 1. The molecule has 0 bridgehead atoms. The van der Waals surface area contributed by atoms with Crippen LogP contribution in [0.5, 0.6) is 0 Å². The summed E-state index contributed by atoms with van der Waals surface area (Å²) >= 11 is 0. The molecule has 23 heavy (non-hydrogen) atoms. The number of ketones is 1. The van der Waals surface area contributed by atoms with Crippen LogP contribution in [-0.2, 0) is 11.2 Å². The van der Waals surface area contributed by atoms with E-state index in [4.69, 9.17) is 5.11 Å². The van der Waals surface area contributed by atoms with Crippen LogP contribution in [-0.4, -0.2) is 16.9 Å². The van der Waals surface area contributed by atoms with Crippen LogP contribution in [0.1, 0.15) is 85.2 Å². The van der Waals surface area contributed by atoms with Gasteiger partial charge in [0.25, 0.3) is 0 Å². The van der Waals surface area contributed by atoms with Gasteiger partial charge in [-0.1, -0.05) is 50.3 Å². The predicted molar refractivity (Wildman–Crippen MR) is 89.9 cm³/mol. The van der Waals surface area contributed by atoms with Crippen molar-refractivity contribution < 1.29 is 14.7 Å². The predicted octanol–water partition coefficient (Wildman–Crippen LogP) is 4.73. The highest BCUT2D eigenvalue weighted by Gasteiger charge is 2.29. The quantitative estimate of drug-likeness (QED) is 0.877. The van der Waals surface area contributed by atoms with E-state index in [0.717, 1.165) is 17.5 Å². The van der Waals surface area contributed by atoms with Gasteiger partial charge in [0.15, 0.2) is 5.78 Å². The highest BCUT2D eigenvalue weighted by Crippen LogP contribution is 2.34. The fourth-order valence-electron chi connectivity index (χ4n) is 4.19. The lowest BCUT2D eigenvalue weighted by Crippen LogP contribution is -2.25. The third-order valence-electron chi connectivity index (χ3n) is 5.53. The standard InChI is InChI=1S/C20H26O3/c21-19(22)13-17-9-8-16-12-15(10-11-18(16)20(17)23)14-6-4-2-1-3-5-7-14/h10-12,14,17H,1-9,13H2,(H,21,22). The second-order valence-electron chi connectivity index (χ2n) is 7.16. The van der Waals surface area contributed by atoms with Crippen molar-refractivity contribution in [3.8, 4) is 0 Å². The van der Waals surface area contributed by atoms with E-state index in [0.29, 0.717) is 12.3 Å². The van der Waals surface area contributed by atoms with Gasteiger partial charge in [-0.3, -0.25) is 9.59 Å². The van der Waals surface area contributed by atoms with Gasteiger partial charge in [-0.25, -0.2) is 0 Å². The van der Waals surface area contributed by atoms with Crippen molar-refractivity contribution in [2.45, 2.75) is 70.1 Å². The molecule has 1 fully saturated rings. The van der Waals surface area contributed by atoms with Gasteiger partial charge in [0, 0.05) is 11.5 Å². The Morgan fingerprint density at radius 2 is 1.74 bits per heavy atom. The number of carboxylic acid groups (broad SMARTS) is 1. The molecule has 2 aliphatic carbocycles. The Morgan fingerprint density at radius 3 is 2.43 bits per heavy atom. The van der Waals surface area contributed by atoms with Gasteiger partial charge < -0.3 is 5.11 Å². The summed E-state index contributed by atoms with van der Waals surface area (Å²) in [7, 11) is 0. The van der Waals surface area contributed by atoms with Gasteiger partial charge >= 0.3 is 5.97 Å². The van der Waals surface area contributed by atoms with Crippen molar-refractivity contribution in [1.82, 2.24) is 0 Å². The maximum atomic E-state index is 12.5. The summed E-state index contributed by atoms with van der Waals surface area (Å²) < 4.78 is 0. The normalized spacial score (nSPS) is 23.0. The van der Waals surface area contributed by atoms with E-state index in [2.05, 4.69) is 12.1 Å². The Bertz CT molecular complexity index is 583. The van der Waals surface area contributed by atoms with Gasteiger partial charge in [-0.15, -0.1) is 0 Å². The smallest absolute Gasteiger partial charge is 0.304 e. The van der Waals surface area contributed by atoms with Crippen molar-refractivity contribution in [3.05, 3.63) is 34.9 Å². The first-order valence-corrected chi connectivity index (χ1v) is 9.04. The number of benzene rings is 1. The molecule has 1 aromatic rings. The lowest BCUT2D eigenvalue weighted by molar-refractivity contribution is -0.137. The molecule has 0 spiro atoms.